The summed E-state index contributed by atoms with van der Waals surface area (Å²) in [4.78, 5) is 44.3. The highest BCUT2D eigenvalue weighted by molar-refractivity contribution is 5.85. The highest BCUT2D eigenvalue weighted by atomic mass is 35.5. The SMILES string of the molecule is CC(=O)OC[C@@H](O)[C@@H](OC(C)=O)[C@H](OC(C)=O)[C@@H](N)COC(C)=O.Cl. The van der Waals surface area contributed by atoms with Gasteiger partial charge in [0.1, 0.15) is 19.3 Å². The summed E-state index contributed by atoms with van der Waals surface area (Å²) in [5, 5.41) is 10.1. The molecule has 0 bridgehead atoms. The Morgan fingerprint density at radius 1 is 0.800 bits per heavy atom. The molecule has 146 valence electrons. The van der Waals surface area contributed by atoms with Crippen molar-refractivity contribution >= 4 is 36.3 Å². The fourth-order valence-electron chi connectivity index (χ4n) is 1.75. The van der Waals surface area contributed by atoms with Crippen molar-refractivity contribution in [3.8, 4) is 0 Å². The van der Waals surface area contributed by atoms with Gasteiger partial charge in [-0.15, -0.1) is 12.4 Å². The summed E-state index contributed by atoms with van der Waals surface area (Å²) in [6, 6.07) is -1.09. The molecule has 0 aliphatic heterocycles. The highest BCUT2D eigenvalue weighted by Crippen LogP contribution is 2.15. The van der Waals surface area contributed by atoms with Crippen LogP contribution < -0.4 is 5.73 Å². The monoisotopic (exact) mass is 385 g/mol. The zero-order chi connectivity index (χ0) is 18.9. The molecular weight excluding hydrogens is 362 g/mol. The van der Waals surface area contributed by atoms with E-state index in [0.717, 1.165) is 27.7 Å². The zero-order valence-electron chi connectivity index (χ0n) is 14.4. The van der Waals surface area contributed by atoms with Crippen molar-refractivity contribution in [2.75, 3.05) is 13.2 Å². The molecular formula is C14H24ClNO9. The Labute approximate surface area is 151 Å². The van der Waals surface area contributed by atoms with E-state index in [0.29, 0.717) is 0 Å². The van der Waals surface area contributed by atoms with Gasteiger partial charge in [-0.3, -0.25) is 19.2 Å². The molecule has 0 aromatic carbocycles. The van der Waals surface area contributed by atoms with E-state index in [1.807, 2.05) is 0 Å². The first-order valence-corrected chi connectivity index (χ1v) is 7.09. The summed E-state index contributed by atoms with van der Waals surface area (Å²) in [6.07, 6.45) is -4.25. The number of carbonyl (C=O) groups is 4. The van der Waals surface area contributed by atoms with Crippen LogP contribution in [-0.2, 0) is 38.1 Å². The van der Waals surface area contributed by atoms with Crippen LogP contribution in [0.1, 0.15) is 27.7 Å². The molecule has 0 amide bonds. The van der Waals surface area contributed by atoms with Crippen molar-refractivity contribution in [1.29, 1.82) is 0 Å². The smallest absolute Gasteiger partial charge is 0.303 e. The number of aliphatic hydroxyl groups is 1. The Bertz CT molecular complexity index is 429. The molecule has 0 aliphatic carbocycles. The lowest BCUT2D eigenvalue weighted by Gasteiger charge is -2.32. The van der Waals surface area contributed by atoms with Gasteiger partial charge in [-0.1, -0.05) is 0 Å². The fourth-order valence-corrected chi connectivity index (χ4v) is 1.75. The molecule has 0 rings (SSSR count). The van der Waals surface area contributed by atoms with Crippen molar-refractivity contribution < 1.29 is 43.2 Å². The van der Waals surface area contributed by atoms with E-state index >= 15 is 0 Å². The normalized spacial score (nSPS) is 14.8. The van der Waals surface area contributed by atoms with Gasteiger partial charge >= 0.3 is 23.9 Å². The second-order valence-electron chi connectivity index (χ2n) is 4.98. The van der Waals surface area contributed by atoms with Crippen molar-refractivity contribution in [3.05, 3.63) is 0 Å². The van der Waals surface area contributed by atoms with Crippen LogP contribution in [0.25, 0.3) is 0 Å². The molecule has 0 aromatic rings. The number of esters is 4. The second kappa shape index (κ2) is 12.5. The van der Waals surface area contributed by atoms with E-state index in [-0.39, 0.29) is 19.0 Å². The lowest BCUT2D eigenvalue weighted by Crippen LogP contribution is -2.55. The van der Waals surface area contributed by atoms with E-state index in [9.17, 15) is 24.3 Å². The van der Waals surface area contributed by atoms with Gasteiger partial charge in [0.05, 0.1) is 6.04 Å². The van der Waals surface area contributed by atoms with E-state index in [4.69, 9.17) is 19.9 Å². The van der Waals surface area contributed by atoms with E-state index in [1.54, 1.807) is 0 Å². The Balaban J connectivity index is 0. The number of ether oxygens (including phenoxy) is 4. The minimum Gasteiger partial charge on any atom is -0.464 e. The van der Waals surface area contributed by atoms with Gasteiger partial charge in [0.2, 0.25) is 0 Å². The summed E-state index contributed by atoms with van der Waals surface area (Å²) >= 11 is 0. The van der Waals surface area contributed by atoms with Gasteiger partial charge in [-0.05, 0) is 0 Å². The fraction of sp³-hybridized carbons (Fsp3) is 0.714. The van der Waals surface area contributed by atoms with Crippen LogP contribution in [0.15, 0.2) is 0 Å². The Hall–Kier alpha value is -1.91. The van der Waals surface area contributed by atoms with Gasteiger partial charge < -0.3 is 29.8 Å². The predicted molar refractivity (Wildman–Crippen MR) is 85.6 cm³/mol. The predicted octanol–water partition coefficient (Wildman–Crippen LogP) is -0.914. The van der Waals surface area contributed by atoms with Gasteiger partial charge in [0, 0.05) is 27.7 Å². The first-order chi connectivity index (χ1) is 11.0. The average Bonchev–Trinajstić information content (AvgIpc) is 2.45. The molecule has 10 nitrogen and oxygen atoms in total. The van der Waals surface area contributed by atoms with Gasteiger partial charge in [-0.2, -0.15) is 0 Å². The maximum Gasteiger partial charge on any atom is 0.303 e. The molecule has 0 aliphatic rings. The lowest BCUT2D eigenvalue weighted by atomic mass is 10.0. The minimum atomic E-state index is -1.51. The Morgan fingerprint density at radius 2 is 1.20 bits per heavy atom. The summed E-state index contributed by atoms with van der Waals surface area (Å²) in [5.41, 5.74) is 5.82. The first-order valence-electron chi connectivity index (χ1n) is 7.09. The third-order valence-corrected chi connectivity index (χ3v) is 2.67. The number of hydrogen-bond donors (Lipinski definition) is 2. The number of halogens is 1. The number of nitrogens with two attached hydrogens (primary N) is 1. The average molecular weight is 386 g/mol. The quantitative estimate of drug-likeness (QED) is 0.376. The van der Waals surface area contributed by atoms with Crippen molar-refractivity contribution in [3.63, 3.8) is 0 Å². The van der Waals surface area contributed by atoms with E-state index in [1.165, 1.54) is 0 Å². The summed E-state index contributed by atoms with van der Waals surface area (Å²) < 4.78 is 19.3. The molecule has 25 heavy (non-hydrogen) atoms. The van der Waals surface area contributed by atoms with Crippen LogP contribution in [0.2, 0.25) is 0 Å². The van der Waals surface area contributed by atoms with Crippen LogP contribution in [0.5, 0.6) is 0 Å². The van der Waals surface area contributed by atoms with Crippen molar-refractivity contribution in [2.24, 2.45) is 5.73 Å². The topological polar surface area (TPSA) is 151 Å². The van der Waals surface area contributed by atoms with Gasteiger partial charge in [-0.25, -0.2) is 0 Å². The van der Waals surface area contributed by atoms with Crippen LogP contribution in [0.3, 0.4) is 0 Å². The molecule has 0 saturated carbocycles. The number of carbonyl (C=O) groups excluding carboxylic acids is 4. The van der Waals surface area contributed by atoms with E-state index < -0.39 is 54.8 Å². The lowest BCUT2D eigenvalue weighted by molar-refractivity contribution is -0.183. The van der Waals surface area contributed by atoms with Gasteiger partial charge in [0.15, 0.2) is 12.2 Å². The summed E-state index contributed by atoms with van der Waals surface area (Å²) in [6.45, 7) is 3.61. The van der Waals surface area contributed by atoms with Crippen LogP contribution >= 0.6 is 12.4 Å². The molecule has 0 radical (unpaired) electrons. The van der Waals surface area contributed by atoms with Crippen LogP contribution in [-0.4, -0.2) is 66.6 Å². The van der Waals surface area contributed by atoms with Crippen molar-refractivity contribution in [1.82, 2.24) is 0 Å². The number of rotatable bonds is 9. The maximum absolute atomic E-state index is 11.3. The molecule has 4 atom stereocenters. The molecule has 3 N–H and O–H groups in total. The molecule has 0 heterocycles. The molecule has 0 spiro atoms. The molecule has 0 aromatic heterocycles. The molecule has 0 saturated heterocycles. The van der Waals surface area contributed by atoms with Crippen LogP contribution in [0, 0.1) is 0 Å². The zero-order valence-corrected chi connectivity index (χ0v) is 15.2. The molecule has 0 unspecified atom stereocenters. The molecule has 0 fully saturated rings. The number of hydrogen-bond acceptors (Lipinski definition) is 10. The van der Waals surface area contributed by atoms with Crippen molar-refractivity contribution in [2.45, 2.75) is 52.0 Å². The third kappa shape index (κ3) is 11.3. The first kappa shape index (κ1) is 25.3. The maximum atomic E-state index is 11.3. The van der Waals surface area contributed by atoms with Crippen LogP contribution in [0.4, 0.5) is 0 Å². The number of aliphatic hydroxyl groups excluding tert-OH is 1. The Kier molecular flexibility index (Phi) is 12.6. The highest BCUT2D eigenvalue weighted by Gasteiger charge is 2.38. The summed E-state index contributed by atoms with van der Waals surface area (Å²) in [5.74, 6) is -2.81. The Morgan fingerprint density at radius 3 is 1.60 bits per heavy atom. The second-order valence-corrected chi connectivity index (χ2v) is 4.98. The third-order valence-electron chi connectivity index (χ3n) is 2.67. The minimum absolute atomic E-state index is 0. The standard InChI is InChI=1S/C14H23NO9.ClH/c1-7(16)21-5-11(15)13(23-9(3)18)14(24-10(4)19)12(20)6-22-8(2)17;/h11-14,20H,5-6,15H2,1-4H3;1H/t11-,12+,13+,14+;/m0./s1. The van der Waals surface area contributed by atoms with Gasteiger partial charge in [0.25, 0.3) is 0 Å². The largest absolute Gasteiger partial charge is 0.464 e. The van der Waals surface area contributed by atoms with E-state index in [2.05, 4.69) is 4.74 Å². The summed E-state index contributed by atoms with van der Waals surface area (Å²) in [7, 11) is 0. The molecule has 11 heteroatoms.